The summed E-state index contributed by atoms with van der Waals surface area (Å²) < 4.78 is 30.2. The van der Waals surface area contributed by atoms with Gasteiger partial charge in [0, 0.05) is 25.6 Å². The summed E-state index contributed by atoms with van der Waals surface area (Å²) in [5.41, 5.74) is 0. The fraction of sp³-hybridized carbons (Fsp3) is 0.833. The van der Waals surface area contributed by atoms with Gasteiger partial charge in [-0.1, -0.05) is 6.92 Å². The average Bonchev–Trinajstić information content (AvgIpc) is 2.58. The lowest BCUT2D eigenvalue weighted by Crippen LogP contribution is -2.35. The van der Waals surface area contributed by atoms with Gasteiger partial charge >= 0.3 is 11.9 Å². The monoisotopic (exact) mass is 278 g/mol. The molecule has 2 N–H and O–H groups in total. The van der Waals surface area contributed by atoms with Crippen LogP contribution in [0.25, 0.3) is 0 Å². The van der Waals surface area contributed by atoms with E-state index in [1.54, 1.807) is 0 Å². The number of rotatable bonds is 7. The molecule has 1 heterocycles. The first-order valence-electron chi connectivity index (χ1n) is 6.44. The Labute approximate surface area is 111 Å². The summed E-state index contributed by atoms with van der Waals surface area (Å²) >= 11 is 0. The predicted octanol–water partition coefficient (Wildman–Crippen LogP) is 0.832. The fourth-order valence-corrected chi connectivity index (χ4v) is 1.68. The summed E-state index contributed by atoms with van der Waals surface area (Å²) in [5, 5.41) is 5.63. The summed E-state index contributed by atoms with van der Waals surface area (Å²) in [4.78, 5) is 22.1. The zero-order valence-electron chi connectivity index (χ0n) is 11.2. The summed E-state index contributed by atoms with van der Waals surface area (Å²) in [6.07, 6.45) is -0.300. The highest BCUT2D eigenvalue weighted by Gasteiger charge is 2.50. The van der Waals surface area contributed by atoms with Crippen LogP contribution in [0.5, 0.6) is 0 Å². The number of hydrogen-bond donors (Lipinski definition) is 2. The van der Waals surface area contributed by atoms with Gasteiger partial charge in [-0.3, -0.25) is 4.79 Å². The third kappa shape index (κ3) is 5.10. The first-order chi connectivity index (χ1) is 8.85. The Balaban J connectivity index is 2.12. The highest BCUT2D eigenvalue weighted by atomic mass is 19.3. The van der Waals surface area contributed by atoms with E-state index in [9.17, 15) is 18.4 Å². The number of carbonyl (C=O) groups excluding carboxylic acids is 2. The molecule has 7 heteroatoms. The van der Waals surface area contributed by atoms with E-state index in [1.165, 1.54) is 0 Å². The zero-order chi connectivity index (χ0) is 14.5. The van der Waals surface area contributed by atoms with Crippen LogP contribution in [0.2, 0.25) is 0 Å². The quantitative estimate of drug-likeness (QED) is 0.535. The Kier molecular flexibility index (Phi) is 5.65. The number of hydrogen-bond acceptors (Lipinski definition) is 4. The van der Waals surface area contributed by atoms with Crippen LogP contribution in [-0.4, -0.2) is 43.0 Å². The van der Waals surface area contributed by atoms with Crippen molar-refractivity contribution in [1.29, 1.82) is 0 Å². The van der Waals surface area contributed by atoms with Gasteiger partial charge in [0.1, 0.15) is 6.10 Å². The van der Waals surface area contributed by atoms with Gasteiger partial charge in [0.25, 0.3) is 0 Å². The second-order valence-electron chi connectivity index (χ2n) is 4.77. The topological polar surface area (TPSA) is 67.4 Å². The van der Waals surface area contributed by atoms with E-state index in [4.69, 9.17) is 0 Å². The number of amides is 1. The molecule has 0 aromatic carbocycles. The number of halogens is 2. The number of alkyl halides is 2. The maximum atomic E-state index is 12.8. The molecule has 0 aliphatic carbocycles. The molecule has 0 spiro atoms. The molecule has 110 valence electrons. The minimum absolute atomic E-state index is 0.0874. The van der Waals surface area contributed by atoms with Gasteiger partial charge in [-0.05, 0) is 13.3 Å². The molecule has 0 radical (unpaired) electrons. The second kappa shape index (κ2) is 6.79. The molecule has 19 heavy (non-hydrogen) atoms. The van der Waals surface area contributed by atoms with Crippen molar-refractivity contribution in [2.75, 3.05) is 13.1 Å². The van der Waals surface area contributed by atoms with Crippen LogP contribution >= 0.6 is 0 Å². The van der Waals surface area contributed by atoms with Gasteiger partial charge in [-0.15, -0.1) is 0 Å². The highest BCUT2D eigenvalue weighted by molar-refractivity contribution is 5.79. The smallest absolute Gasteiger partial charge is 0.377 e. The van der Waals surface area contributed by atoms with Gasteiger partial charge in [-0.25, -0.2) is 4.79 Å². The normalized spacial score (nSPS) is 22.9. The molecule has 1 rings (SSSR count). The molecule has 1 aliphatic rings. The maximum Gasteiger partial charge on any atom is 0.377 e. The number of esters is 1. The van der Waals surface area contributed by atoms with Crippen LogP contribution in [0.15, 0.2) is 0 Å². The van der Waals surface area contributed by atoms with Crippen molar-refractivity contribution in [3.8, 4) is 0 Å². The van der Waals surface area contributed by atoms with Crippen LogP contribution in [0.3, 0.4) is 0 Å². The average molecular weight is 278 g/mol. The van der Waals surface area contributed by atoms with E-state index in [1.807, 2.05) is 13.8 Å². The Morgan fingerprint density at radius 2 is 2.26 bits per heavy atom. The molecule has 0 saturated carbocycles. The standard InChI is InChI=1S/C12H20F2N2O3/c1-3-8(2)16-10(17)4-5-15-7-9-6-12(13,14)11(18)19-9/h8-9,15H,3-7H2,1-2H3,(H,16,17). The first-order valence-corrected chi connectivity index (χ1v) is 6.44. The van der Waals surface area contributed by atoms with Crippen LogP contribution in [-0.2, 0) is 14.3 Å². The Bertz CT molecular complexity index is 337. The van der Waals surface area contributed by atoms with E-state index in [-0.39, 0.29) is 24.9 Å². The molecule has 0 aromatic heterocycles. The molecule has 5 nitrogen and oxygen atoms in total. The molecule has 1 aliphatic heterocycles. The van der Waals surface area contributed by atoms with E-state index in [0.717, 1.165) is 6.42 Å². The Morgan fingerprint density at radius 1 is 1.58 bits per heavy atom. The van der Waals surface area contributed by atoms with Gasteiger partial charge < -0.3 is 15.4 Å². The fourth-order valence-electron chi connectivity index (χ4n) is 1.68. The number of nitrogens with one attached hydrogen (secondary N) is 2. The van der Waals surface area contributed by atoms with Crippen LogP contribution < -0.4 is 10.6 Å². The molecule has 0 aromatic rings. The molecule has 1 amide bonds. The largest absolute Gasteiger partial charge is 0.456 e. The second-order valence-corrected chi connectivity index (χ2v) is 4.77. The molecular formula is C12H20F2N2O3. The van der Waals surface area contributed by atoms with Crippen molar-refractivity contribution in [3.05, 3.63) is 0 Å². The van der Waals surface area contributed by atoms with Gasteiger partial charge in [0.05, 0.1) is 6.42 Å². The van der Waals surface area contributed by atoms with Crippen molar-refractivity contribution >= 4 is 11.9 Å². The lowest BCUT2D eigenvalue weighted by atomic mass is 10.2. The summed E-state index contributed by atoms with van der Waals surface area (Å²) in [6.45, 7) is 4.38. The summed E-state index contributed by atoms with van der Waals surface area (Å²) in [7, 11) is 0. The van der Waals surface area contributed by atoms with Gasteiger partial charge in [-0.2, -0.15) is 8.78 Å². The zero-order valence-corrected chi connectivity index (χ0v) is 11.2. The summed E-state index contributed by atoms with van der Waals surface area (Å²) in [5.74, 6) is -4.93. The molecule has 2 atom stereocenters. The highest BCUT2D eigenvalue weighted by Crippen LogP contribution is 2.30. The number of carbonyl (C=O) groups is 2. The lowest BCUT2D eigenvalue weighted by Gasteiger charge is -2.12. The van der Waals surface area contributed by atoms with Crippen LogP contribution in [0.4, 0.5) is 8.78 Å². The molecule has 1 fully saturated rings. The number of cyclic esters (lactones) is 1. The van der Waals surface area contributed by atoms with Crippen molar-refractivity contribution in [2.24, 2.45) is 0 Å². The minimum atomic E-state index is -3.37. The maximum absolute atomic E-state index is 12.8. The van der Waals surface area contributed by atoms with Gasteiger partial charge in [0.15, 0.2) is 0 Å². The van der Waals surface area contributed by atoms with Crippen molar-refractivity contribution in [1.82, 2.24) is 10.6 Å². The Morgan fingerprint density at radius 3 is 2.79 bits per heavy atom. The van der Waals surface area contributed by atoms with E-state index in [0.29, 0.717) is 6.54 Å². The molecule has 1 saturated heterocycles. The van der Waals surface area contributed by atoms with Crippen molar-refractivity contribution < 1.29 is 23.1 Å². The van der Waals surface area contributed by atoms with E-state index < -0.39 is 24.4 Å². The van der Waals surface area contributed by atoms with E-state index >= 15 is 0 Å². The lowest BCUT2D eigenvalue weighted by molar-refractivity contribution is -0.159. The third-order valence-electron chi connectivity index (χ3n) is 2.98. The van der Waals surface area contributed by atoms with E-state index in [2.05, 4.69) is 15.4 Å². The SMILES string of the molecule is CCC(C)NC(=O)CCNCC1CC(F)(F)C(=O)O1. The minimum Gasteiger partial charge on any atom is -0.456 e. The van der Waals surface area contributed by atoms with Gasteiger partial charge in [0.2, 0.25) is 5.91 Å². The molecule has 0 bridgehead atoms. The third-order valence-corrected chi connectivity index (χ3v) is 2.98. The number of ether oxygens (including phenoxy) is 1. The van der Waals surface area contributed by atoms with Crippen LogP contribution in [0.1, 0.15) is 33.1 Å². The van der Waals surface area contributed by atoms with Crippen molar-refractivity contribution in [2.45, 2.75) is 51.2 Å². The predicted molar refractivity (Wildman–Crippen MR) is 64.8 cm³/mol. The van der Waals surface area contributed by atoms with Crippen molar-refractivity contribution in [3.63, 3.8) is 0 Å². The first kappa shape index (κ1) is 15.8. The molecular weight excluding hydrogens is 258 g/mol. The summed E-state index contributed by atoms with van der Waals surface area (Å²) in [6, 6.07) is 0.127. The van der Waals surface area contributed by atoms with Crippen LogP contribution in [0, 0.1) is 0 Å². The molecule has 2 unspecified atom stereocenters. The Hall–Kier alpha value is -1.24.